The second-order valence-corrected chi connectivity index (χ2v) is 3.67. The Bertz CT molecular complexity index is 408. The first kappa shape index (κ1) is 13.0. The molecular formula is C8H7ClF3N3S. The van der Waals surface area contributed by atoms with Crippen molar-refractivity contribution in [3.63, 3.8) is 0 Å². The Kier molecular flexibility index (Phi) is 3.95. The van der Waals surface area contributed by atoms with E-state index in [0.29, 0.717) is 0 Å². The molecule has 0 aliphatic rings. The molecular weight excluding hydrogens is 263 g/mol. The summed E-state index contributed by atoms with van der Waals surface area (Å²) in [6.07, 6.45) is -4.46. The fraction of sp³-hybridized carbons (Fsp3) is 0.125. The van der Waals surface area contributed by atoms with Gasteiger partial charge in [0.05, 0.1) is 5.56 Å². The summed E-state index contributed by atoms with van der Waals surface area (Å²) in [6.45, 7) is 0. The Balaban J connectivity index is 3.04. The maximum atomic E-state index is 12.4. The summed E-state index contributed by atoms with van der Waals surface area (Å²) in [4.78, 5) is 0. The van der Waals surface area contributed by atoms with Gasteiger partial charge in [-0.3, -0.25) is 0 Å². The molecule has 0 fully saturated rings. The van der Waals surface area contributed by atoms with Crippen molar-refractivity contribution in [3.05, 3.63) is 28.8 Å². The lowest BCUT2D eigenvalue weighted by Crippen LogP contribution is -2.34. The van der Waals surface area contributed by atoms with Gasteiger partial charge in [-0.25, -0.2) is 5.84 Å². The molecule has 8 heteroatoms. The highest BCUT2D eigenvalue weighted by Crippen LogP contribution is 2.33. The summed E-state index contributed by atoms with van der Waals surface area (Å²) >= 11 is 10.2. The third-order valence-corrected chi connectivity index (χ3v) is 2.05. The number of hydrazine groups is 1. The Morgan fingerprint density at radius 3 is 2.44 bits per heavy atom. The number of hydrogen-bond donors (Lipinski definition) is 3. The zero-order valence-corrected chi connectivity index (χ0v) is 9.30. The number of thiocarbonyl (C=S) groups is 1. The number of benzene rings is 1. The van der Waals surface area contributed by atoms with E-state index in [9.17, 15) is 13.2 Å². The van der Waals surface area contributed by atoms with Crippen molar-refractivity contribution in [3.8, 4) is 0 Å². The van der Waals surface area contributed by atoms with Gasteiger partial charge in [0.25, 0.3) is 0 Å². The number of nitrogens with two attached hydrogens (primary N) is 1. The number of halogens is 4. The van der Waals surface area contributed by atoms with Crippen molar-refractivity contribution < 1.29 is 13.2 Å². The molecule has 0 amide bonds. The SMILES string of the molecule is NNC(=S)Nc1cc(Cl)cc(C(F)(F)F)c1. The summed E-state index contributed by atoms with van der Waals surface area (Å²) in [6, 6.07) is 3.02. The average Bonchev–Trinajstić information content (AvgIpc) is 2.15. The fourth-order valence-electron chi connectivity index (χ4n) is 0.993. The summed E-state index contributed by atoms with van der Waals surface area (Å²) in [5.74, 6) is 4.97. The third kappa shape index (κ3) is 3.51. The maximum Gasteiger partial charge on any atom is 0.416 e. The van der Waals surface area contributed by atoms with Crippen LogP contribution < -0.4 is 16.6 Å². The maximum absolute atomic E-state index is 12.4. The van der Waals surface area contributed by atoms with Crippen LogP contribution >= 0.6 is 23.8 Å². The minimum atomic E-state index is -4.46. The van der Waals surface area contributed by atoms with E-state index >= 15 is 0 Å². The molecule has 88 valence electrons. The third-order valence-electron chi connectivity index (χ3n) is 1.61. The van der Waals surface area contributed by atoms with E-state index in [2.05, 4.69) is 23.0 Å². The largest absolute Gasteiger partial charge is 0.416 e. The standard InChI is InChI=1S/C8H7ClF3N3S/c9-5-1-4(8(10,11)12)2-6(3-5)14-7(16)15-13/h1-3H,13H2,(H2,14,15,16). The molecule has 0 radical (unpaired) electrons. The number of anilines is 1. The van der Waals surface area contributed by atoms with Gasteiger partial charge in [-0.2, -0.15) is 13.2 Å². The predicted octanol–water partition coefficient (Wildman–Crippen LogP) is 2.52. The van der Waals surface area contributed by atoms with E-state index in [1.54, 1.807) is 0 Å². The van der Waals surface area contributed by atoms with Crippen molar-refractivity contribution in [2.75, 3.05) is 5.32 Å². The van der Waals surface area contributed by atoms with E-state index in [4.69, 9.17) is 17.4 Å². The lowest BCUT2D eigenvalue weighted by Gasteiger charge is -2.11. The van der Waals surface area contributed by atoms with Gasteiger partial charge in [0.15, 0.2) is 5.11 Å². The van der Waals surface area contributed by atoms with E-state index in [0.717, 1.165) is 12.1 Å². The van der Waals surface area contributed by atoms with Crippen LogP contribution in [0.25, 0.3) is 0 Å². The van der Waals surface area contributed by atoms with Crippen molar-refractivity contribution in [2.24, 2.45) is 5.84 Å². The second kappa shape index (κ2) is 4.86. The molecule has 0 unspecified atom stereocenters. The second-order valence-electron chi connectivity index (χ2n) is 2.82. The van der Waals surface area contributed by atoms with Crippen LogP contribution in [0.5, 0.6) is 0 Å². The highest BCUT2D eigenvalue weighted by molar-refractivity contribution is 7.80. The molecule has 1 aromatic rings. The number of hydrogen-bond acceptors (Lipinski definition) is 2. The topological polar surface area (TPSA) is 50.1 Å². The Morgan fingerprint density at radius 1 is 1.31 bits per heavy atom. The van der Waals surface area contributed by atoms with Gasteiger partial charge in [0.1, 0.15) is 0 Å². The molecule has 0 bridgehead atoms. The van der Waals surface area contributed by atoms with Crippen LogP contribution in [0.15, 0.2) is 18.2 Å². The van der Waals surface area contributed by atoms with Gasteiger partial charge in [0, 0.05) is 10.7 Å². The molecule has 0 heterocycles. The highest BCUT2D eigenvalue weighted by atomic mass is 35.5. The van der Waals surface area contributed by atoms with Gasteiger partial charge in [-0.05, 0) is 30.4 Å². The van der Waals surface area contributed by atoms with Crippen LogP contribution in [-0.4, -0.2) is 5.11 Å². The molecule has 0 aliphatic carbocycles. The van der Waals surface area contributed by atoms with E-state index in [1.165, 1.54) is 6.07 Å². The highest BCUT2D eigenvalue weighted by Gasteiger charge is 2.31. The number of rotatable bonds is 1. The minimum absolute atomic E-state index is 0.00427. The zero-order chi connectivity index (χ0) is 12.3. The van der Waals surface area contributed by atoms with Crippen LogP contribution in [0.4, 0.5) is 18.9 Å². The van der Waals surface area contributed by atoms with Gasteiger partial charge < -0.3 is 10.7 Å². The quantitative estimate of drug-likeness (QED) is 0.417. The first-order valence-electron chi connectivity index (χ1n) is 3.98. The lowest BCUT2D eigenvalue weighted by molar-refractivity contribution is -0.137. The molecule has 0 saturated heterocycles. The molecule has 0 spiro atoms. The lowest BCUT2D eigenvalue weighted by atomic mass is 10.2. The summed E-state index contributed by atoms with van der Waals surface area (Å²) in [5, 5.41) is 2.41. The first-order chi connectivity index (χ1) is 7.32. The van der Waals surface area contributed by atoms with Gasteiger partial charge in [-0.15, -0.1) is 0 Å². The number of alkyl halides is 3. The molecule has 0 atom stereocenters. The van der Waals surface area contributed by atoms with E-state index < -0.39 is 11.7 Å². The normalized spacial score (nSPS) is 11.1. The minimum Gasteiger partial charge on any atom is -0.332 e. The molecule has 0 aliphatic heterocycles. The first-order valence-corrected chi connectivity index (χ1v) is 4.77. The van der Waals surface area contributed by atoms with Crippen LogP contribution in [-0.2, 0) is 6.18 Å². The van der Waals surface area contributed by atoms with Gasteiger partial charge >= 0.3 is 6.18 Å². The van der Waals surface area contributed by atoms with E-state index in [1.807, 2.05) is 0 Å². The predicted molar refractivity (Wildman–Crippen MR) is 60.0 cm³/mol. The Morgan fingerprint density at radius 2 is 1.94 bits per heavy atom. The van der Waals surface area contributed by atoms with Crippen molar-refractivity contribution in [2.45, 2.75) is 6.18 Å². The van der Waals surface area contributed by atoms with Gasteiger partial charge in [0.2, 0.25) is 0 Å². The van der Waals surface area contributed by atoms with Crippen LogP contribution in [0.2, 0.25) is 5.02 Å². The molecule has 3 nitrogen and oxygen atoms in total. The average molecular weight is 270 g/mol. The Hall–Kier alpha value is -1.05. The molecule has 1 aromatic carbocycles. The monoisotopic (exact) mass is 269 g/mol. The number of nitrogens with one attached hydrogen (secondary N) is 2. The van der Waals surface area contributed by atoms with Crippen LogP contribution in [0.3, 0.4) is 0 Å². The fourth-order valence-corrected chi connectivity index (χ4v) is 1.35. The molecule has 1 rings (SSSR count). The molecule has 16 heavy (non-hydrogen) atoms. The molecule has 0 saturated carbocycles. The Labute approximate surface area is 99.7 Å². The molecule has 4 N–H and O–H groups in total. The zero-order valence-electron chi connectivity index (χ0n) is 7.73. The van der Waals surface area contributed by atoms with Crippen molar-refractivity contribution >= 4 is 34.6 Å². The van der Waals surface area contributed by atoms with Crippen LogP contribution in [0.1, 0.15) is 5.56 Å². The summed E-state index contributed by atoms with van der Waals surface area (Å²) < 4.78 is 37.2. The van der Waals surface area contributed by atoms with Crippen molar-refractivity contribution in [1.82, 2.24) is 5.43 Å². The molecule has 0 aromatic heterocycles. The summed E-state index contributed by atoms with van der Waals surface area (Å²) in [7, 11) is 0. The van der Waals surface area contributed by atoms with Crippen LogP contribution in [0, 0.1) is 0 Å². The van der Waals surface area contributed by atoms with E-state index in [-0.39, 0.29) is 15.8 Å². The van der Waals surface area contributed by atoms with Gasteiger partial charge in [-0.1, -0.05) is 11.6 Å². The smallest absolute Gasteiger partial charge is 0.332 e. The van der Waals surface area contributed by atoms with Crippen molar-refractivity contribution in [1.29, 1.82) is 0 Å². The summed E-state index contributed by atoms with van der Waals surface area (Å²) in [5.41, 5.74) is 1.34.